The molecule has 106 valence electrons. The molecule has 0 aliphatic rings. The maximum atomic E-state index is 10.8. The van der Waals surface area contributed by atoms with E-state index in [1.807, 2.05) is 24.3 Å². The SMILES string of the molecule is O=[N+]([O-])c1ccc(-c2nc3ccccc3c3n[nH]nc23)cc1. The van der Waals surface area contributed by atoms with E-state index in [-0.39, 0.29) is 5.69 Å². The Kier molecular flexibility index (Phi) is 2.59. The Labute approximate surface area is 123 Å². The molecule has 2 heterocycles. The highest BCUT2D eigenvalue weighted by atomic mass is 16.6. The molecule has 4 aromatic rings. The first-order chi connectivity index (χ1) is 10.7. The molecular weight excluding hydrogens is 282 g/mol. The van der Waals surface area contributed by atoms with Gasteiger partial charge in [0.1, 0.15) is 16.7 Å². The van der Waals surface area contributed by atoms with Gasteiger partial charge < -0.3 is 0 Å². The molecule has 4 rings (SSSR count). The van der Waals surface area contributed by atoms with Gasteiger partial charge in [0, 0.05) is 23.1 Å². The second-order valence-corrected chi connectivity index (χ2v) is 4.80. The Bertz CT molecular complexity index is 1010. The van der Waals surface area contributed by atoms with Crippen molar-refractivity contribution in [1.29, 1.82) is 0 Å². The molecule has 0 atom stereocenters. The molecular formula is C15H9N5O2. The van der Waals surface area contributed by atoms with E-state index in [9.17, 15) is 10.1 Å². The van der Waals surface area contributed by atoms with E-state index < -0.39 is 4.92 Å². The topological polar surface area (TPSA) is 97.6 Å². The van der Waals surface area contributed by atoms with Crippen molar-refractivity contribution < 1.29 is 4.92 Å². The van der Waals surface area contributed by atoms with Gasteiger partial charge in [0.25, 0.3) is 5.69 Å². The van der Waals surface area contributed by atoms with Crippen LogP contribution >= 0.6 is 0 Å². The molecule has 0 saturated carbocycles. The van der Waals surface area contributed by atoms with Crippen molar-refractivity contribution in [2.75, 3.05) is 0 Å². The zero-order chi connectivity index (χ0) is 15.1. The van der Waals surface area contributed by atoms with Crippen LogP contribution in [0.15, 0.2) is 48.5 Å². The number of nitro groups is 1. The predicted molar refractivity (Wildman–Crippen MR) is 81.3 cm³/mol. The number of fused-ring (bicyclic) bond motifs is 3. The summed E-state index contributed by atoms with van der Waals surface area (Å²) in [6.45, 7) is 0. The first-order valence-corrected chi connectivity index (χ1v) is 6.58. The summed E-state index contributed by atoms with van der Waals surface area (Å²) in [6.07, 6.45) is 0. The zero-order valence-electron chi connectivity index (χ0n) is 11.2. The molecule has 7 nitrogen and oxygen atoms in total. The molecule has 2 aromatic carbocycles. The van der Waals surface area contributed by atoms with Gasteiger partial charge in [-0.25, -0.2) is 4.98 Å². The molecule has 0 fully saturated rings. The molecule has 0 saturated heterocycles. The van der Waals surface area contributed by atoms with Gasteiger partial charge in [0.2, 0.25) is 0 Å². The molecule has 0 bridgehead atoms. The number of H-pyrrole nitrogens is 1. The van der Waals surface area contributed by atoms with Crippen molar-refractivity contribution in [3.8, 4) is 11.3 Å². The summed E-state index contributed by atoms with van der Waals surface area (Å²) >= 11 is 0. The van der Waals surface area contributed by atoms with Gasteiger partial charge in [0.05, 0.1) is 10.4 Å². The lowest BCUT2D eigenvalue weighted by molar-refractivity contribution is -0.384. The molecule has 0 radical (unpaired) electrons. The van der Waals surface area contributed by atoms with E-state index in [1.54, 1.807) is 12.1 Å². The third kappa shape index (κ3) is 1.80. The minimum Gasteiger partial charge on any atom is -0.258 e. The highest BCUT2D eigenvalue weighted by molar-refractivity contribution is 6.06. The lowest BCUT2D eigenvalue weighted by Crippen LogP contribution is -1.91. The Morgan fingerprint density at radius 1 is 0.955 bits per heavy atom. The maximum Gasteiger partial charge on any atom is 0.269 e. The molecule has 2 aromatic heterocycles. The number of para-hydroxylation sites is 1. The lowest BCUT2D eigenvalue weighted by atomic mass is 10.1. The van der Waals surface area contributed by atoms with Crippen molar-refractivity contribution in [1.82, 2.24) is 20.4 Å². The standard InChI is InChI=1S/C15H9N5O2/c21-20(22)10-7-5-9(6-8-10)13-15-14(17-19-18-15)11-3-1-2-4-12(11)16-13/h1-8H,(H,17,18,19). The van der Waals surface area contributed by atoms with Crippen LogP contribution in [0, 0.1) is 10.1 Å². The normalized spacial score (nSPS) is 11.1. The number of nitrogens with zero attached hydrogens (tertiary/aromatic N) is 4. The second kappa shape index (κ2) is 4.59. The van der Waals surface area contributed by atoms with Gasteiger partial charge >= 0.3 is 0 Å². The van der Waals surface area contributed by atoms with Crippen LogP contribution in [0.25, 0.3) is 33.2 Å². The first-order valence-electron chi connectivity index (χ1n) is 6.58. The van der Waals surface area contributed by atoms with E-state index in [0.29, 0.717) is 11.2 Å². The largest absolute Gasteiger partial charge is 0.269 e. The average Bonchev–Trinajstić information content (AvgIpc) is 3.04. The number of nitrogens with one attached hydrogen (secondary N) is 1. The third-order valence-electron chi connectivity index (χ3n) is 3.52. The molecule has 7 heteroatoms. The number of aromatic amines is 1. The van der Waals surface area contributed by atoms with Gasteiger partial charge in [-0.05, 0) is 18.2 Å². The van der Waals surface area contributed by atoms with Crippen molar-refractivity contribution in [2.45, 2.75) is 0 Å². The highest BCUT2D eigenvalue weighted by Crippen LogP contribution is 2.30. The van der Waals surface area contributed by atoms with Crippen LogP contribution in [-0.4, -0.2) is 25.3 Å². The zero-order valence-corrected chi connectivity index (χ0v) is 11.2. The van der Waals surface area contributed by atoms with Crippen LogP contribution in [0.5, 0.6) is 0 Å². The van der Waals surface area contributed by atoms with Crippen LogP contribution in [0.4, 0.5) is 5.69 Å². The molecule has 0 amide bonds. The number of hydrogen-bond acceptors (Lipinski definition) is 5. The van der Waals surface area contributed by atoms with Gasteiger partial charge in [-0.1, -0.05) is 18.2 Å². The number of rotatable bonds is 2. The van der Waals surface area contributed by atoms with E-state index in [1.165, 1.54) is 12.1 Å². The van der Waals surface area contributed by atoms with E-state index in [0.717, 1.165) is 22.0 Å². The Morgan fingerprint density at radius 3 is 2.45 bits per heavy atom. The summed E-state index contributed by atoms with van der Waals surface area (Å²) < 4.78 is 0. The summed E-state index contributed by atoms with van der Waals surface area (Å²) in [5.41, 5.74) is 3.64. The molecule has 0 aliphatic heterocycles. The summed E-state index contributed by atoms with van der Waals surface area (Å²) in [6, 6.07) is 13.9. The summed E-state index contributed by atoms with van der Waals surface area (Å²) in [5.74, 6) is 0. The van der Waals surface area contributed by atoms with E-state index >= 15 is 0 Å². The number of nitro benzene ring substituents is 1. The minimum atomic E-state index is -0.427. The minimum absolute atomic E-state index is 0.0425. The number of aromatic nitrogens is 4. The molecule has 0 aliphatic carbocycles. The summed E-state index contributed by atoms with van der Waals surface area (Å²) in [7, 11) is 0. The fourth-order valence-corrected chi connectivity index (χ4v) is 2.47. The van der Waals surface area contributed by atoms with Crippen LogP contribution in [0.1, 0.15) is 0 Å². The summed E-state index contributed by atoms with van der Waals surface area (Å²) in [5, 5.41) is 22.7. The average molecular weight is 291 g/mol. The fraction of sp³-hybridized carbons (Fsp3) is 0. The monoisotopic (exact) mass is 291 g/mol. The highest BCUT2D eigenvalue weighted by Gasteiger charge is 2.14. The van der Waals surface area contributed by atoms with Gasteiger partial charge in [-0.2, -0.15) is 15.4 Å². The van der Waals surface area contributed by atoms with E-state index in [2.05, 4.69) is 20.4 Å². The van der Waals surface area contributed by atoms with Crippen LogP contribution in [0.2, 0.25) is 0 Å². The van der Waals surface area contributed by atoms with Crippen LogP contribution in [-0.2, 0) is 0 Å². The first kappa shape index (κ1) is 12.4. The number of benzene rings is 2. The van der Waals surface area contributed by atoms with Crippen LogP contribution < -0.4 is 0 Å². The molecule has 22 heavy (non-hydrogen) atoms. The van der Waals surface area contributed by atoms with Gasteiger partial charge in [-0.3, -0.25) is 10.1 Å². The van der Waals surface area contributed by atoms with Crippen molar-refractivity contribution in [3.05, 3.63) is 58.6 Å². The Balaban J connectivity index is 2.00. The maximum absolute atomic E-state index is 10.8. The molecule has 0 unspecified atom stereocenters. The molecule has 1 N–H and O–H groups in total. The van der Waals surface area contributed by atoms with Crippen molar-refractivity contribution >= 4 is 27.6 Å². The van der Waals surface area contributed by atoms with Gasteiger partial charge in [0.15, 0.2) is 0 Å². The smallest absolute Gasteiger partial charge is 0.258 e. The molecule has 0 spiro atoms. The van der Waals surface area contributed by atoms with E-state index in [4.69, 9.17) is 0 Å². The number of pyridine rings is 1. The Morgan fingerprint density at radius 2 is 1.68 bits per heavy atom. The predicted octanol–water partition coefficient (Wildman–Crippen LogP) is 3.08. The van der Waals surface area contributed by atoms with Crippen molar-refractivity contribution in [2.24, 2.45) is 0 Å². The summed E-state index contributed by atoms with van der Waals surface area (Å²) in [4.78, 5) is 15.0. The second-order valence-electron chi connectivity index (χ2n) is 4.80. The fourth-order valence-electron chi connectivity index (χ4n) is 2.47. The quantitative estimate of drug-likeness (QED) is 0.452. The van der Waals surface area contributed by atoms with Crippen LogP contribution in [0.3, 0.4) is 0 Å². The number of hydrogen-bond donors (Lipinski definition) is 1. The van der Waals surface area contributed by atoms with Crippen molar-refractivity contribution in [3.63, 3.8) is 0 Å². The Hall–Kier alpha value is -3.35. The third-order valence-corrected chi connectivity index (χ3v) is 3.52. The van der Waals surface area contributed by atoms with Gasteiger partial charge in [-0.15, -0.1) is 0 Å². The number of non-ortho nitro benzene ring substituents is 1. The lowest BCUT2D eigenvalue weighted by Gasteiger charge is -2.04.